The minimum Gasteiger partial charge on any atom is -0.325 e. The van der Waals surface area contributed by atoms with Crippen LogP contribution in [0.25, 0.3) is 0 Å². The molecule has 1 aromatic rings. The first-order valence-electron chi connectivity index (χ1n) is 5.43. The molecule has 0 fully saturated rings. The monoisotopic (exact) mass is 226 g/mol. The van der Waals surface area contributed by atoms with Crippen LogP contribution in [0, 0.1) is 6.92 Å². The van der Waals surface area contributed by atoms with Gasteiger partial charge in [0.1, 0.15) is 0 Å². The highest BCUT2D eigenvalue weighted by Gasteiger charge is 2.22. The lowest BCUT2D eigenvalue weighted by Crippen LogP contribution is -2.09. The molecule has 0 radical (unpaired) electrons. The summed E-state index contributed by atoms with van der Waals surface area (Å²) in [6, 6.07) is 7.78. The predicted molar refractivity (Wildman–Crippen MR) is 65.2 cm³/mol. The minimum absolute atomic E-state index is 0.566. The molecule has 0 spiro atoms. The summed E-state index contributed by atoms with van der Waals surface area (Å²) in [5, 5.41) is 0.837. The lowest BCUT2D eigenvalue weighted by molar-refractivity contribution is 0.320. The molecular formula is C12H19O2P. The van der Waals surface area contributed by atoms with Crippen LogP contribution in [0.1, 0.15) is 25.8 Å². The van der Waals surface area contributed by atoms with Crippen LogP contribution in [0.5, 0.6) is 0 Å². The molecule has 0 heterocycles. The van der Waals surface area contributed by atoms with Crippen molar-refractivity contribution in [3.8, 4) is 0 Å². The zero-order valence-corrected chi connectivity index (χ0v) is 10.6. The number of hydrogen-bond acceptors (Lipinski definition) is 2. The fourth-order valence-corrected chi connectivity index (χ4v) is 3.14. The van der Waals surface area contributed by atoms with Crippen molar-refractivity contribution >= 4 is 12.7 Å². The Kier molecular flexibility index (Phi) is 4.56. The molecule has 15 heavy (non-hydrogen) atoms. The van der Waals surface area contributed by atoms with E-state index in [9.17, 15) is 4.57 Å². The summed E-state index contributed by atoms with van der Waals surface area (Å²) in [5.74, 6) is 0. The van der Waals surface area contributed by atoms with Gasteiger partial charge in [0.2, 0.25) is 7.37 Å². The molecule has 1 unspecified atom stereocenters. The molecule has 0 N–H and O–H groups in total. The SMILES string of the molecule is CCCOP(=O)(CC)c1ccc(C)cc1. The quantitative estimate of drug-likeness (QED) is 0.720. The molecular weight excluding hydrogens is 207 g/mol. The molecule has 0 saturated heterocycles. The molecule has 0 aromatic heterocycles. The maximum absolute atomic E-state index is 12.4. The first kappa shape index (κ1) is 12.5. The van der Waals surface area contributed by atoms with E-state index < -0.39 is 7.37 Å². The lowest BCUT2D eigenvalue weighted by atomic mass is 10.2. The molecule has 0 bridgehead atoms. The van der Waals surface area contributed by atoms with E-state index in [1.165, 1.54) is 5.56 Å². The van der Waals surface area contributed by atoms with Gasteiger partial charge in [0, 0.05) is 11.5 Å². The van der Waals surface area contributed by atoms with E-state index in [0.29, 0.717) is 12.8 Å². The number of rotatable bonds is 5. The van der Waals surface area contributed by atoms with Crippen molar-refractivity contribution in [2.75, 3.05) is 12.8 Å². The van der Waals surface area contributed by atoms with Crippen molar-refractivity contribution in [3.05, 3.63) is 29.8 Å². The second kappa shape index (κ2) is 5.48. The Morgan fingerprint density at radius 2 is 1.80 bits per heavy atom. The van der Waals surface area contributed by atoms with E-state index in [1.807, 2.05) is 45.0 Å². The van der Waals surface area contributed by atoms with Crippen LogP contribution in [0.2, 0.25) is 0 Å². The third-order valence-electron chi connectivity index (χ3n) is 2.35. The Morgan fingerprint density at radius 1 is 1.20 bits per heavy atom. The van der Waals surface area contributed by atoms with Crippen LogP contribution in [0.4, 0.5) is 0 Å². The number of aryl methyl sites for hydroxylation is 1. The van der Waals surface area contributed by atoms with Crippen molar-refractivity contribution in [2.24, 2.45) is 0 Å². The van der Waals surface area contributed by atoms with Crippen LogP contribution in [-0.4, -0.2) is 12.8 Å². The van der Waals surface area contributed by atoms with E-state index in [-0.39, 0.29) is 0 Å². The van der Waals surface area contributed by atoms with Crippen LogP contribution in [0.3, 0.4) is 0 Å². The zero-order chi connectivity index (χ0) is 11.3. The molecule has 0 aliphatic carbocycles. The van der Waals surface area contributed by atoms with Gasteiger partial charge >= 0.3 is 0 Å². The Bertz CT molecular complexity index is 343. The van der Waals surface area contributed by atoms with E-state index >= 15 is 0 Å². The smallest absolute Gasteiger partial charge is 0.231 e. The van der Waals surface area contributed by atoms with Crippen LogP contribution < -0.4 is 5.30 Å². The summed E-state index contributed by atoms with van der Waals surface area (Å²) in [4.78, 5) is 0. The summed E-state index contributed by atoms with van der Waals surface area (Å²) in [6.45, 7) is 6.53. The fraction of sp³-hybridized carbons (Fsp3) is 0.500. The average molecular weight is 226 g/mol. The number of hydrogen-bond donors (Lipinski definition) is 0. The zero-order valence-electron chi connectivity index (χ0n) is 9.69. The van der Waals surface area contributed by atoms with Gasteiger partial charge in [0.25, 0.3) is 0 Å². The summed E-state index contributed by atoms with van der Waals surface area (Å²) in [7, 11) is -2.59. The second-order valence-corrected chi connectivity index (χ2v) is 6.41. The molecule has 0 aliphatic heterocycles. The van der Waals surface area contributed by atoms with E-state index in [0.717, 1.165) is 11.7 Å². The van der Waals surface area contributed by atoms with Crippen LogP contribution in [-0.2, 0) is 9.09 Å². The Hall–Kier alpha value is -0.590. The van der Waals surface area contributed by atoms with Crippen molar-refractivity contribution in [2.45, 2.75) is 27.2 Å². The van der Waals surface area contributed by atoms with E-state index in [1.54, 1.807) is 0 Å². The first-order chi connectivity index (χ1) is 7.12. The Labute approximate surface area is 92.1 Å². The van der Waals surface area contributed by atoms with Crippen molar-refractivity contribution in [3.63, 3.8) is 0 Å². The van der Waals surface area contributed by atoms with Gasteiger partial charge in [-0.25, -0.2) is 0 Å². The largest absolute Gasteiger partial charge is 0.325 e. The van der Waals surface area contributed by atoms with E-state index in [4.69, 9.17) is 4.52 Å². The highest BCUT2D eigenvalue weighted by molar-refractivity contribution is 7.66. The lowest BCUT2D eigenvalue weighted by Gasteiger charge is -2.16. The van der Waals surface area contributed by atoms with E-state index in [2.05, 4.69) is 0 Å². The average Bonchev–Trinajstić information content (AvgIpc) is 2.27. The maximum atomic E-state index is 12.4. The van der Waals surface area contributed by atoms with Gasteiger partial charge in [-0.05, 0) is 25.5 Å². The Balaban J connectivity index is 2.90. The molecule has 0 saturated carbocycles. The standard InChI is InChI=1S/C12H19O2P/c1-4-10-14-15(13,5-2)12-8-6-11(3)7-9-12/h6-9H,4-5,10H2,1-3H3. The molecule has 1 atom stereocenters. The van der Waals surface area contributed by atoms with Gasteiger partial charge in [0.05, 0.1) is 6.61 Å². The fourth-order valence-electron chi connectivity index (χ4n) is 1.36. The third-order valence-corrected chi connectivity index (χ3v) is 4.86. The van der Waals surface area contributed by atoms with Crippen molar-refractivity contribution in [1.29, 1.82) is 0 Å². The van der Waals surface area contributed by atoms with Gasteiger partial charge in [-0.3, -0.25) is 4.57 Å². The first-order valence-corrected chi connectivity index (χ1v) is 7.24. The minimum atomic E-state index is -2.59. The predicted octanol–water partition coefficient (Wildman–Crippen LogP) is 3.34. The van der Waals surface area contributed by atoms with Gasteiger partial charge in [-0.15, -0.1) is 0 Å². The van der Waals surface area contributed by atoms with Crippen molar-refractivity contribution < 1.29 is 9.09 Å². The normalized spacial score (nSPS) is 14.9. The highest BCUT2D eigenvalue weighted by atomic mass is 31.2. The molecule has 2 nitrogen and oxygen atoms in total. The van der Waals surface area contributed by atoms with Gasteiger partial charge in [-0.2, -0.15) is 0 Å². The van der Waals surface area contributed by atoms with Crippen molar-refractivity contribution in [1.82, 2.24) is 0 Å². The van der Waals surface area contributed by atoms with Crippen LogP contribution in [0.15, 0.2) is 24.3 Å². The van der Waals surface area contributed by atoms with Crippen LogP contribution >= 0.6 is 7.37 Å². The molecule has 3 heteroatoms. The Morgan fingerprint density at radius 3 is 2.27 bits per heavy atom. The molecule has 1 rings (SSSR count). The second-order valence-electron chi connectivity index (χ2n) is 3.66. The van der Waals surface area contributed by atoms with Gasteiger partial charge in [0.15, 0.2) is 0 Å². The molecule has 0 amide bonds. The van der Waals surface area contributed by atoms with Gasteiger partial charge in [-0.1, -0.05) is 31.5 Å². The summed E-state index contributed by atoms with van der Waals surface area (Å²) in [6.07, 6.45) is 1.46. The highest BCUT2D eigenvalue weighted by Crippen LogP contribution is 2.45. The topological polar surface area (TPSA) is 26.3 Å². The summed E-state index contributed by atoms with van der Waals surface area (Å²) >= 11 is 0. The van der Waals surface area contributed by atoms with Gasteiger partial charge < -0.3 is 4.52 Å². The molecule has 0 aliphatic rings. The summed E-state index contributed by atoms with van der Waals surface area (Å²) < 4.78 is 17.9. The molecule has 1 aromatic carbocycles. The summed E-state index contributed by atoms with van der Waals surface area (Å²) in [5.41, 5.74) is 1.18. The maximum Gasteiger partial charge on any atom is 0.231 e. The third kappa shape index (κ3) is 3.19. The molecule has 84 valence electrons. The number of benzene rings is 1.